The van der Waals surface area contributed by atoms with Gasteiger partial charge in [0.15, 0.2) is 17.6 Å². The largest absolute Gasteiger partial charge is 0.490 e. The molecule has 0 saturated carbocycles. The Kier molecular flexibility index (Phi) is 7.25. The van der Waals surface area contributed by atoms with Crippen LogP contribution in [0.1, 0.15) is 24.2 Å². The summed E-state index contributed by atoms with van der Waals surface area (Å²) in [6.07, 6.45) is -1.16. The van der Waals surface area contributed by atoms with Crippen LogP contribution in [0.4, 0.5) is 18.9 Å². The Hall–Kier alpha value is -3.23. The highest BCUT2D eigenvalue weighted by molar-refractivity contribution is 5.97. The van der Waals surface area contributed by atoms with Crippen molar-refractivity contribution in [3.63, 3.8) is 0 Å². The van der Waals surface area contributed by atoms with Crippen molar-refractivity contribution < 1.29 is 37.0 Å². The molecule has 0 spiro atoms. The third-order valence-corrected chi connectivity index (χ3v) is 3.46. The van der Waals surface area contributed by atoms with Gasteiger partial charge in [0.05, 0.1) is 12.2 Å². The second-order valence-corrected chi connectivity index (χ2v) is 5.52. The zero-order valence-corrected chi connectivity index (χ0v) is 15.1. The molecule has 2 aromatic carbocycles. The maximum atomic E-state index is 12.9. The Balaban J connectivity index is 2.05. The van der Waals surface area contributed by atoms with Crippen LogP contribution in [0.3, 0.4) is 0 Å². The molecule has 0 bridgehead atoms. The molecule has 1 atom stereocenters. The van der Waals surface area contributed by atoms with Gasteiger partial charge in [-0.05, 0) is 56.3 Å². The molecule has 0 saturated heterocycles. The summed E-state index contributed by atoms with van der Waals surface area (Å²) >= 11 is 0. The van der Waals surface area contributed by atoms with E-state index in [0.717, 1.165) is 6.07 Å². The highest BCUT2D eigenvalue weighted by Crippen LogP contribution is 2.30. The van der Waals surface area contributed by atoms with Gasteiger partial charge in [-0.3, -0.25) is 4.79 Å². The van der Waals surface area contributed by atoms with Crippen molar-refractivity contribution in [2.24, 2.45) is 0 Å². The number of anilines is 1. The number of carbonyl (C=O) groups excluding carboxylic acids is 2. The number of halogens is 3. The lowest BCUT2D eigenvalue weighted by atomic mass is 10.2. The minimum atomic E-state index is -3.05. The molecule has 0 unspecified atom stereocenters. The normalized spacial score (nSPS) is 11.6. The molecule has 0 heterocycles. The van der Waals surface area contributed by atoms with Gasteiger partial charge in [0, 0.05) is 5.69 Å². The molecule has 28 heavy (non-hydrogen) atoms. The van der Waals surface area contributed by atoms with Gasteiger partial charge in [-0.25, -0.2) is 9.18 Å². The molecule has 9 heteroatoms. The van der Waals surface area contributed by atoms with E-state index >= 15 is 0 Å². The fourth-order valence-electron chi connectivity index (χ4n) is 2.16. The Morgan fingerprint density at radius 3 is 2.36 bits per heavy atom. The smallest absolute Gasteiger partial charge is 0.387 e. The molecule has 1 amide bonds. The van der Waals surface area contributed by atoms with Crippen LogP contribution in [-0.4, -0.2) is 31.2 Å². The molecule has 0 aliphatic rings. The van der Waals surface area contributed by atoms with Crippen molar-refractivity contribution in [2.75, 3.05) is 11.9 Å². The van der Waals surface area contributed by atoms with Crippen molar-refractivity contribution in [3.05, 3.63) is 53.8 Å². The number of hydrogen-bond acceptors (Lipinski definition) is 5. The zero-order chi connectivity index (χ0) is 20.7. The number of nitrogens with one attached hydrogen (secondary N) is 1. The first-order valence-electron chi connectivity index (χ1n) is 8.29. The average molecular weight is 397 g/mol. The fourth-order valence-corrected chi connectivity index (χ4v) is 2.16. The SMILES string of the molecule is CCOc1cc(C(=O)O[C@H](C)C(=O)Nc2ccc(F)cc2)ccc1OC(F)F. The summed E-state index contributed by atoms with van der Waals surface area (Å²) in [5, 5.41) is 2.48. The number of amides is 1. The van der Waals surface area contributed by atoms with E-state index in [1.54, 1.807) is 6.92 Å². The molecule has 0 aromatic heterocycles. The average Bonchev–Trinajstić information content (AvgIpc) is 2.64. The molecule has 0 fully saturated rings. The van der Waals surface area contributed by atoms with E-state index in [1.165, 1.54) is 43.3 Å². The standard InChI is InChI=1S/C19H18F3NO5/c1-3-26-16-10-12(4-9-15(16)28-19(21)22)18(25)27-11(2)17(24)23-14-7-5-13(20)6-8-14/h4-11,19H,3H2,1-2H3,(H,23,24)/t11-/m1/s1. The van der Waals surface area contributed by atoms with Crippen LogP contribution in [0, 0.1) is 5.82 Å². The molecule has 0 aliphatic heterocycles. The molecular formula is C19H18F3NO5. The van der Waals surface area contributed by atoms with Gasteiger partial charge >= 0.3 is 12.6 Å². The van der Waals surface area contributed by atoms with Crippen molar-refractivity contribution in [3.8, 4) is 11.5 Å². The number of alkyl halides is 2. The van der Waals surface area contributed by atoms with Crippen molar-refractivity contribution >= 4 is 17.6 Å². The van der Waals surface area contributed by atoms with E-state index in [9.17, 15) is 22.8 Å². The Morgan fingerprint density at radius 1 is 1.07 bits per heavy atom. The van der Waals surface area contributed by atoms with Gasteiger partial charge in [-0.2, -0.15) is 8.78 Å². The fraction of sp³-hybridized carbons (Fsp3) is 0.263. The Labute approximate surface area is 159 Å². The van der Waals surface area contributed by atoms with Crippen LogP contribution >= 0.6 is 0 Å². The Bertz CT molecular complexity index is 827. The number of esters is 1. The Morgan fingerprint density at radius 2 is 1.75 bits per heavy atom. The van der Waals surface area contributed by atoms with Gasteiger partial charge < -0.3 is 19.5 Å². The summed E-state index contributed by atoms with van der Waals surface area (Å²) in [6.45, 7) is 0.106. The van der Waals surface area contributed by atoms with Gasteiger partial charge in [0.25, 0.3) is 5.91 Å². The van der Waals surface area contributed by atoms with Crippen LogP contribution in [0.5, 0.6) is 11.5 Å². The lowest BCUT2D eigenvalue weighted by Gasteiger charge is -2.15. The number of rotatable bonds is 8. The molecule has 6 nitrogen and oxygen atoms in total. The molecule has 2 rings (SSSR count). The summed E-state index contributed by atoms with van der Waals surface area (Å²) < 4.78 is 52.3. The summed E-state index contributed by atoms with van der Waals surface area (Å²) in [4.78, 5) is 24.3. The van der Waals surface area contributed by atoms with Crippen LogP contribution in [-0.2, 0) is 9.53 Å². The van der Waals surface area contributed by atoms with E-state index in [-0.39, 0.29) is 23.7 Å². The minimum absolute atomic E-state index is 0.00787. The highest BCUT2D eigenvalue weighted by Gasteiger charge is 2.21. The topological polar surface area (TPSA) is 73.9 Å². The van der Waals surface area contributed by atoms with Crippen LogP contribution < -0.4 is 14.8 Å². The highest BCUT2D eigenvalue weighted by atomic mass is 19.3. The van der Waals surface area contributed by atoms with Crippen molar-refractivity contribution in [2.45, 2.75) is 26.6 Å². The zero-order valence-electron chi connectivity index (χ0n) is 15.1. The number of benzene rings is 2. The van der Waals surface area contributed by atoms with E-state index in [0.29, 0.717) is 5.69 Å². The van der Waals surface area contributed by atoms with Gasteiger partial charge in [0.1, 0.15) is 5.82 Å². The summed E-state index contributed by atoms with van der Waals surface area (Å²) in [5.41, 5.74) is 0.327. The molecule has 2 aromatic rings. The van der Waals surface area contributed by atoms with Crippen LogP contribution in [0.2, 0.25) is 0 Å². The van der Waals surface area contributed by atoms with E-state index in [1.807, 2.05) is 0 Å². The number of hydrogen-bond donors (Lipinski definition) is 1. The van der Waals surface area contributed by atoms with E-state index in [4.69, 9.17) is 9.47 Å². The second kappa shape index (κ2) is 9.63. The quantitative estimate of drug-likeness (QED) is 0.682. The summed E-state index contributed by atoms with van der Waals surface area (Å²) in [5.74, 6) is -2.22. The predicted molar refractivity (Wildman–Crippen MR) is 94.2 cm³/mol. The summed E-state index contributed by atoms with van der Waals surface area (Å²) in [6, 6.07) is 8.61. The third kappa shape index (κ3) is 5.90. The lowest BCUT2D eigenvalue weighted by molar-refractivity contribution is -0.123. The maximum absolute atomic E-state index is 12.9. The summed E-state index contributed by atoms with van der Waals surface area (Å²) in [7, 11) is 0. The molecule has 1 N–H and O–H groups in total. The second-order valence-electron chi connectivity index (χ2n) is 5.52. The van der Waals surface area contributed by atoms with E-state index in [2.05, 4.69) is 10.1 Å². The molecular weight excluding hydrogens is 379 g/mol. The van der Waals surface area contributed by atoms with E-state index < -0.39 is 30.4 Å². The van der Waals surface area contributed by atoms with Gasteiger partial charge in [-0.1, -0.05) is 0 Å². The van der Waals surface area contributed by atoms with Gasteiger partial charge in [0.2, 0.25) is 0 Å². The van der Waals surface area contributed by atoms with Crippen LogP contribution in [0.15, 0.2) is 42.5 Å². The number of carbonyl (C=O) groups is 2. The lowest BCUT2D eigenvalue weighted by Crippen LogP contribution is -2.30. The van der Waals surface area contributed by atoms with Crippen molar-refractivity contribution in [1.29, 1.82) is 0 Å². The number of ether oxygens (including phenoxy) is 3. The molecule has 0 radical (unpaired) electrons. The van der Waals surface area contributed by atoms with Gasteiger partial charge in [-0.15, -0.1) is 0 Å². The molecule has 150 valence electrons. The molecule has 0 aliphatic carbocycles. The maximum Gasteiger partial charge on any atom is 0.387 e. The monoisotopic (exact) mass is 397 g/mol. The van der Waals surface area contributed by atoms with Crippen molar-refractivity contribution in [1.82, 2.24) is 0 Å². The minimum Gasteiger partial charge on any atom is -0.490 e. The predicted octanol–water partition coefficient (Wildman–Crippen LogP) is 4.01. The third-order valence-electron chi connectivity index (χ3n) is 3.46. The first kappa shape index (κ1) is 21.1. The van der Waals surface area contributed by atoms with Crippen LogP contribution in [0.25, 0.3) is 0 Å². The first-order valence-corrected chi connectivity index (χ1v) is 8.29. The first-order chi connectivity index (χ1) is 13.3.